The van der Waals surface area contributed by atoms with E-state index in [-0.39, 0.29) is 17.1 Å². The molecule has 0 radical (unpaired) electrons. The number of ether oxygens (including phenoxy) is 2. The van der Waals surface area contributed by atoms with Gasteiger partial charge in [0.25, 0.3) is 5.91 Å². The maximum Gasteiger partial charge on any atom is 0.257 e. The molecule has 0 spiro atoms. The number of benzene rings is 2. The van der Waals surface area contributed by atoms with Gasteiger partial charge in [-0.25, -0.2) is 8.42 Å². The van der Waals surface area contributed by atoms with E-state index in [0.29, 0.717) is 24.4 Å². The van der Waals surface area contributed by atoms with Gasteiger partial charge in [-0.1, -0.05) is 24.3 Å². The summed E-state index contributed by atoms with van der Waals surface area (Å²) >= 11 is 0. The van der Waals surface area contributed by atoms with Crippen molar-refractivity contribution >= 4 is 21.4 Å². The zero-order valence-electron chi connectivity index (χ0n) is 20.4. The van der Waals surface area contributed by atoms with Gasteiger partial charge in [-0.05, 0) is 68.5 Å². The summed E-state index contributed by atoms with van der Waals surface area (Å²) in [4.78, 5) is 13.4. The molecule has 8 heteroatoms. The molecule has 35 heavy (non-hydrogen) atoms. The van der Waals surface area contributed by atoms with Gasteiger partial charge in [0, 0.05) is 36.9 Å². The second kappa shape index (κ2) is 10.8. The van der Waals surface area contributed by atoms with Crippen molar-refractivity contribution in [2.24, 2.45) is 0 Å². The summed E-state index contributed by atoms with van der Waals surface area (Å²) in [5.41, 5.74) is 5.13. The molecule has 1 saturated heterocycles. The summed E-state index contributed by atoms with van der Waals surface area (Å²) in [5.74, 6) is -0.250. The third kappa shape index (κ3) is 6.01. The van der Waals surface area contributed by atoms with Gasteiger partial charge in [0.2, 0.25) is 0 Å². The van der Waals surface area contributed by atoms with E-state index in [1.807, 2.05) is 25.3 Å². The van der Waals surface area contributed by atoms with Crippen molar-refractivity contribution in [3.8, 4) is 11.3 Å². The Labute approximate surface area is 207 Å². The summed E-state index contributed by atoms with van der Waals surface area (Å²) in [6, 6.07) is 14.3. The minimum atomic E-state index is -3.30. The van der Waals surface area contributed by atoms with Crippen LogP contribution < -0.4 is 5.32 Å². The van der Waals surface area contributed by atoms with Crippen LogP contribution in [0.4, 0.5) is 5.69 Å². The SMILES string of the molecule is Cc1ccccc1-c1c(C)c(C(=O)Nc2ccc(S(C)(=O)=O)cc2)cn1CCOC1CCCCO1. The van der Waals surface area contributed by atoms with Gasteiger partial charge in [0.05, 0.1) is 22.8 Å². The van der Waals surface area contributed by atoms with Crippen LogP contribution in [-0.2, 0) is 25.9 Å². The molecule has 1 aromatic heterocycles. The van der Waals surface area contributed by atoms with E-state index in [9.17, 15) is 13.2 Å². The number of aryl methyl sites for hydroxylation is 1. The number of rotatable bonds is 8. The molecule has 1 N–H and O–H groups in total. The Morgan fingerprint density at radius 3 is 2.51 bits per heavy atom. The molecule has 1 aliphatic rings. The lowest BCUT2D eigenvalue weighted by Crippen LogP contribution is -2.24. The molecule has 1 aliphatic heterocycles. The minimum Gasteiger partial charge on any atom is -0.353 e. The second-order valence-electron chi connectivity index (χ2n) is 8.94. The minimum absolute atomic E-state index is 0.167. The smallest absolute Gasteiger partial charge is 0.257 e. The first-order valence-corrected chi connectivity index (χ1v) is 13.7. The van der Waals surface area contributed by atoms with E-state index in [2.05, 4.69) is 28.9 Å². The largest absolute Gasteiger partial charge is 0.353 e. The molecule has 0 aliphatic carbocycles. The molecular formula is C27H32N2O5S. The Kier molecular flexibility index (Phi) is 7.74. The molecule has 186 valence electrons. The van der Waals surface area contributed by atoms with Crippen LogP contribution in [0.15, 0.2) is 59.6 Å². The summed E-state index contributed by atoms with van der Waals surface area (Å²) in [6.07, 6.45) is 5.94. The highest BCUT2D eigenvalue weighted by atomic mass is 32.2. The molecule has 2 aromatic carbocycles. The predicted molar refractivity (Wildman–Crippen MR) is 136 cm³/mol. The summed E-state index contributed by atoms with van der Waals surface area (Å²) in [6.45, 7) is 5.80. The third-order valence-corrected chi connectivity index (χ3v) is 7.42. The molecule has 1 atom stereocenters. The van der Waals surface area contributed by atoms with Crippen molar-refractivity contribution in [3.05, 3.63) is 71.4 Å². The highest BCUT2D eigenvalue weighted by Crippen LogP contribution is 2.31. The Hall–Kier alpha value is -2.94. The van der Waals surface area contributed by atoms with Crippen LogP contribution in [0, 0.1) is 13.8 Å². The Balaban J connectivity index is 1.58. The first-order valence-electron chi connectivity index (χ1n) is 11.8. The first kappa shape index (κ1) is 25.2. The molecule has 3 aromatic rings. The molecule has 7 nitrogen and oxygen atoms in total. The van der Waals surface area contributed by atoms with E-state index in [0.717, 1.165) is 54.5 Å². The average molecular weight is 497 g/mol. The van der Waals surface area contributed by atoms with Gasteiger partial charge < -0.3 is 19.4 Å². The molecule has 4 rings (SSSR count). The Morgan fingerprint density at radius 2 is 1.86 bits per heavy atom. The van der Waals surface area contributed by atoms with E-state index in [1.165, 1.54) is 12.1 Å². The fraction of sp³-hybridized carbons (Fsp3) is 0.370. The normalized spacial score (nSPS) is 16.3. The van der Waals surface area contributed by atoms with Crippen LogP contribution in [0.3, 0.4) is 0 Å². The van der Waals surface area contributed by atoms with Gasteiger partial charge in [-0.3, -0.25) is 4.79 Å². The maximum atomic E-state index is 13.2. The second-order valence-corrected chi connectivity index (χ2v) is 11.0. The number of nitrogens with one attached hydrogen (secondary N) is 1. The highest BCUT2D eigenvalue weighted by molar-refractivity contribution is 7.90. The number of carbonyl (C=O) groups excluding carboxylic acids is 1. The first-order chi connectivity index (χ1) is 16.7. The van der Waals surface area contributed by atoms with Gasteiger partial charge in [-0.15, -0.1) is 0 Å². The van der Waals surface area contributed by atoms with E-state index >= 15 is 0 Å². The zero-order chi connectivity index (χ0) is 25.0. The number of aromatic nitrogens is 1. The third-order valence-electron chi connectivity index (χ3n) is 6.29. The molecule has 1 amide bonds. The molecule has 1 unspecified atom stereocenters. The van der Waals surface area contributed by atoms with Crippen molar-refractivity contribution in [2.75, 3.05) is 24.8 Å². The van der Waals surface area contributed by atoms with Crippen molar-refractivity contribution in [1.29, 1.82) is 0 Å². The van der Waals surface area contributed by atoms with Crippen LogP contribution in [0.2, 0.25) is 0 Å². The number of anilines is 1. The van der Waals surface area contributed by atoms with E-state index in [1.54, 1.807) is 12.1 Å². The summed E-state index contributed by atoms with van der Waals surface area (Å²) in [5, 5.41) is 2.89. The number of nitrogens with zero attached hydrogens (tertiary/aromatic N) is 1. The van der Waals surface area contributed by atoms with Crippen molar-refractivity contribution < 1.29 is 22.7 Å². The lowest BCUT2D eigenvalue weighted by Gasteiger charge is -2.23. The summed E-state index contributed by atoms with van der Waals surface area (Å²) < 4.78 is 37.1. The maximum absolute atomic E-state index is 13.2. The van der Waals surface area contributed by atoms with Gasteiger partial charge in [0.1, 0.15) is 0 Å². The Morgan fingerprint density at radius 1 is 1.11 bits per heavy atom. The van der Waals surface area contributed by atoms with Crippen LogP contribution in [0.1, 0.15) is 40.7 Å². The molecule has 0 bridgehead atoms. The van der Waals surface area contributed by atoms with Gasteiger partial charge in [0.15, 0.2) is 16.1 Å². The number of hydrogen-bond acceptors (Lipinski definition) is 5. The fourth-order valence-corrected chi connectivity index (χ4v) is 5.00. The topological polar surface area (TPSA) is 86.6 Å². The number of sulfone groups is 1. The van der Waals surface area contributed by atoms with Crippen molar-refractivity contribution in [1.82, 2.24) is 4.57 Å². The quantitative estimate of drug-likeness (QED) is 0.476. The Bertz CT molecular complexity index is 1290. The zero-order valence-corrected chi connectivity index (χ0v) is 21.2. The van der Waals surface area contributed by atoms with Gasteiger partial charge >= 0.3 is 0 Å². The fourth-order valence-electron chi connectivity index (χ4n) is 4.37. The average Bonchev–Trinajstić information content (AvgIpc) is 3.16. The predicted octanol–water partition coefficient (Wildman–Crippen LogP) is 4.97. The number of amides is 1. The van der Waals surface area contributed by atoms with E-state index in [4.69, 9.17) is 9.47 Å². The van der Waals surface area contributed by atoms with Gasteiger partial charge in [-0.2, -0.15) is 0 Å². The lowest BCUT2D eigenvalue weighted by atomic mass is 10.0. The molecule has 0 saturated carbocycles. The lowest BCUT2D eigenvalue weighted by molar-refractivity contribution is -0.163. The van der Waals surface area contributed by atoms with Crippen molar-refractivity contribution in [2.45, 2.75) is 50.8 Å². The molecular weight excluding hydrogens is 464 g/mol. The van der Waals surface area contributed by atoms with Crippen LogP contribution in [-0.4, -0.2) is 44.7 Å². The summed E-state index contributed by atoms with van der Waals surface area (Å²) in [7, 11) is -3.30. The molecule has 1 fully saturated rings. The monoisotopic (exact) mass is 496 g/mol. The van der Waals surface area contributed by atoms with Crippen LogP contribution in [0.5, 0.6) is 0 Å². The van der Waals surface area contributed by atoms with Crippen LogP contribution >= 0.6 is 0 Å². The standard InChI is InChI=1S/C27H32N2O5S/c1-19-8-4-5-9-23(19)26-20(2)24(18-29(26)15-17-34-25-10-6-7-16-33-25)27(30)28-21-11-13-22(14-12-21)35(3,31)32/h4-5,8-9,11-14,18,25H,6-7,10,15-17H2,1-3H3,(H,28,30). The molecule has 2 heterocycles. The number of hydrogen-bond donors (Lipinski definition) is 1. The number of carbonyl (C=O) groups is 1. The van der Waals surface area contributed by atoms with Crippen LogP contribution in [0.25, 0.3) is 11.3 Å². The van der Waals surface area contributed by atoms with Crippen molar-refractivity contribution in [3.63, 3.8) is 0 Å². The highest BCUT2D eigenvalue weighted by Gasteiger charge is 2.21. The van der Waals surface area contributed by atoms with E-state index < -0.39 is 9.84 Å².